The summed E-state index contributed by atoms with van der Waals surface area (Å²) >= 11 is 5.43. The first kappa shape index (κ1) is 14.7. The van der Waals surface area contributed by atoms with Gasteiger partial charge < -0.3 is 15.5 Å². The van der Waals surface area contributed by atoms with Crippen LogP contribution in [0.3, 0.4) is 0 Å². The summed E-state index contributed by atoms with van der Waals surface area (Å²) in [6, 6.07) is 3.81. The minimum absolute atomic E-state index is 0.00770. The normalized spacial score (nSPS) is 17.3. The number of fused-ring (bicyclic) bond motifs is 1. The molecule has 0 bridgehead atoms. The highest BCUT2D eigenvalue weighted by molar-refractivity contribution is 9.10. The van der Waals surface area contributed by atoms with Crippen LogP contribution in [0.1, 0.15) is 11.6 Å². The molecule has 2 N–H and O–H groups in total. The first-order valence-corrected chi connectivity index (χ1v) is 8.28. The Morgan fingerprint density at radius 2 is 2.26 bits per heavy atom. The van der Waals surface area contributed by atoms with Gasteiger partial charge in [-0.05, 0) is 41.4 Å². The Kier molecular flexibility index (Phi) is 4.76. The second-order valence-corrected chi connectivity index (χ2v) is 6.36. The molecule has 0 radical (unpaired) electrons. The number of likely N-dealkylation sites (N-methyl/N-ethyl adjacent to an activating group) is 1. The van der Waals surface area contributed by atoms with Crippen molar-refractivity contribution in [3.8, 4) is 0 Å². The van der Waals surface area contributed by atoms with Gasteiger partial charge in [0, 0.05) is 35.1 Å². The number of carbonyl (C=O) groups is 1. The molecule has 1 unspecified atom stereocenters. The Hall–Kier alpha value is -0.720. The third-order valence-electron chi connectivity index (χ3n) is 3.28. The number of anilines is 2. The zero-order chi connectivity index (χ0) is 14.0. The van der Waals surface area contributed by atoms with Crippen molar-refractivity contribution in [2.24, 2.45) is 0 Å². The summed E-state index contributed by atoms with van der Waals surface area (Å²) in [7, 11) is 3.86. The van der Waals surface area contributed by atoms with Gasteiger partial charge in [0.2, 0.25) is 5.91 Å². The zero-order valence-electron chi connectivity index (χ0n) is 11.3. The van der Waals surface area contributed by atoms with E-state index >= 15 is 0 Å². The van der Waals surface area contributed by atoms with E-state index in [4.69, 9.17) is 0 Å². The van der Waals surface area contributed by atoms with Crippen LogP contribution in [0.25, 0.3) is 0 Å². The number of hydrogen-bond donors (Lipinski definition) is 2. The average Bonchev–Trinajstić information content (AvgIpc) is 2.69. The van der Waals surface area contributed by atoms with Gasteiger partial charge in [-0.3, -0.25) is 4.79 Å². The molecule has 4 nitrogen and oxygen atoms in total. The molecule has 6 heteroatoms. The second-order valence-electron chi connectivity index (χ2n) is 4.52. The highest BCUT2D eigenvalue weighted by atomic mass is 79.9. The highest BCUT2D eigenvalue weighted by Crippen LogP contribution is 2.38. The van der Waals surface area contributed by atoms with E-state index in [0.717, 1.165) is 33.7 Å². The summed E-state index contributed by atoms with van der Waals surface area (Å²) in [4.78, 5) is 14.0. The fraction of sp³-hybridized carbons (Fsp3) is 0.462. The molecule has 0 saturated heterocycles. The Balaban J connectivity index is 2.30. The molecule has 0 aromatic heterocycles. The third kappa shape index (κ3) is 2.90. The monoisotopic (exact) mass is 343 g/mol. The van der Waals surface area contributed by atoms with E-state index in [-0.39, 0.29) is 11.9 Å². The summed E-state index contributed by atoms with van der Waals surface area (Å²) in [5.41, 5.74) is 3.00. The van der Waals surface area contributed by atoms with Gasteiger partial charge in [-0.2, -0.15) is 11.8 Å². The van der Waals surface area contributed by atoms with Gasteiger partial charge in [-0.15, -0.1) is 0 Å². The summed E-state index contributed by atoms with van der Waals surface area (Å²) in [5, 5.41) is 5.95. The second kappa shape index (κ2) is 6.15. The molecule has 0 aliphatic carbocycles. The molecule has 1 atom stereocenters. The van der Waals surface area contributed by atoms with Crippen LogP contribution in [-0.4, -0.2) is 38.6 Å². The SMILES string of the molecule is CNC1C(=O)Nc2cc(N(C)CCSC)c(Br)cc21. The lowest BCUT2D eigenvalue weighted by Crippen LogP contribution is -2.23. The van der Waals surface area contributed by atoms with Crippen molar-refractivity contribution in [2.45, 2.75) is 6.04 Å². The number of hydrogen-bond acceptors (Lipinski definition) is 4. The van der Waals surface area contributed by atoms with Gasteiger partial charge in [0.15, 0.2) is 0 Å². The molecule has 0 fully saturated rings. The maximum atomic E-state index is 11.8. The summed E-state index contributed by atoms with van der Waals surface area (Å²) < 4.78 is 1.02. The van der Waals surface area contributed by atoms with Crippen LogP contribution >= 0.6 is 27.7 Å². The number of nitrogens with zero attached hydrogens (tertiary/aromatic N) is 1. The van der Waals surface area contributed by atoms with Gasteiger partial charge in [0.05, 0.1) is 5.69 Å². The molecule has 1 heterocycles. The van der Waals surface area contributed by atoms with E-state index in [2.05, 4.69) is 44.8 Å². The van der Waals surface area contributed by atoms with Crippen LogP contribution in [0.2, 0.25) is 0 Å². The Morgan fingerprint density at radius 1 is 1.53 bits per heavy atom. The number of halogens is 1. The lowest BCUT2D eigenvalue weighted by Gasteiger charge is -2.21. The van der Waals surface area contributed by atoms with Crippen LogP contribution in [0.4, 0.5) is 11.4 Å². The van der Waals surface area contributed by atoms with Crippen molar-refractivity contribution in [2.75, 3.05) is 42.9 Å². The maximum absolute atomic E-state index is 11.8. The largest absolute Gasteiger partial charge is 0.373 e. The van der Waals surface area contributed by atoms with Crippen LogP contribution in [0, 0.1) is 0 Å². The van der Waals surface area contributed by atoms with E-state index < -0.39 is 0 Å². The smallest absolute Gasteiger partial charge is 0.246 e. The van der Waals surface area contributed by atoms with Gasteiger partial charge in [-0.25, -0.2) is 0 Å². The molecular weight excluding hydrogens is 326 g/mol. The minimum atomic E-state index is -0.253. The van der Waals surface area contributed by atoms with Gasteiger partial charge in [-0.1, -0.05) is 0 Å². The standard InChI is InChI=1S/C13H18BrN3OS/c1-15-12-8-6-9(14)11(17(2)4-5-19-3)7-10(8)16-13(12)18/h6-7,12,15H,4-5H2,1-3H3,(H,16,18). The quantitative estimate of drug-likeness (QED) is 0.861. The van der Waals surface area contributed by atoms with Crippen molar-refractivity contribution in [3.05, 3.63) is 22.2 Å². The molecule has 1 amide bonds. The lowest BCUT2D eigenvalue weighted by molar-refractivity contribution is -0.117. The van der Waals surface area contributed by atoms with Crippen LogP contribution in [-0.2, 0) is 4.79 Å². The summed E-state index contributed by atoms with van der Waals surface area (Å²) in [5.74, 6) is 1.08. The average molecular weight is 344 g/mol. The first-order chi connectivity index (χ1) is 9.08. The molecule has 1 aromatic carbocycles. The number of amides is 1. The Morgan fingerprint density at radius 3 is 2.89 bits per heavy atom. The number of rotatable bonds is 5. The Bertz CT molecular complexity index is 495. The topological polar surface area (TPSA) is 44.4 Å². The number of benzene rings is 1. The van der Waals surface area contributed by atoms with Gasteiger partial charge in [0.25, 0.3) is 0 Å². The van der Waals surface area contributed by atoms with Crippen molar-refractivity contribution in [3.63, 3.8) is 0 Å². The summed E-state index contributed by atoms with van der Waals surface area (Å²) in [6.07, 6.45) is 2.10. The first-order valence-electron chi connectivity index (χ1n) is 6.10. The molecule has 1 aliphatic rings. The molecule has 19 heavy (non-hydrogen) atoms. The molecule has 104 valence electrons. The minimum Gasteiger partial charge on any atom is -0.373 e. The molecule has 1 aromatic rings. The van der Waals surface area contributed by atoms with Crippen molar-refractivity contribution < 1.29 is 4.79 Å². The van der Waals surface area contributed by atoms with Crippen molar-refractivity contribution in [1.29, 1.82) is 0 Å². The third-order valence-corrected chi connectivity index (χ3v) is 4.51. The number of nitrogens with one attached hydrogen (secondary N) is 2. The highest BCUT2D eigenvalue weighted by Gasteiger charge is 2.30. The fourth-order valence-corrected chi connectivity index (χ4v) is 3.32. The van der Waals surface area contributed by atoms with E-state index in [9.17, 15) is 4.79 Å². The van der Waals surface area contributed by atoms with Crippen LogP contribution in [0.15, 0.2) is 16.6 Å². The predicted molar refractivity (Wildman–Crippen MR) is 86.2 cm³/mol. The van der Waals surface area contributed by atoms with Crippen molar-refractivity contribution in [1.82, 2.24) is 5.32 Å². The van der Waals surface area contributed by atoms with Gasteiger partial charge >= 0.3 is 0 Å². The fourth-order valence-electron chi connectivity index (χ4n) is 2.20. The number of thioether (sulfide) groups is 1. The van der Waals surface area contributed by atoms with E-state index in [1.165, 1.54) is 0 Å². The van der Waals surface area contributed by atoms with Crippen molar-refractivity contribution >= 4 is 45.0 Å². The molecule has 0 spiro atoms. The van der Waals surface area contributed by atoms with Crippen LogP contribution < -0.4 is 15.5 Å². The van der Waals surface area contributed by atoms with E-state index in [1.54, 1.807) is 7.05 Å². The van der Waals surface area contributed by atoms with Crippen LogP contribution in [0.5, 0.6) is 0 Å². The maximum Gasteiger partial charge on any atom is 0.246 e. The number of carbonyl (C=O) groups excluding carboxylic acids is 1. The Labute approximate surface area is 126 Å². The lowest BCUT2D eigenvalue weighted by atomic mass is 10.1. The van der Waals surface area contributed by atoms with Gasteiger partial charge in [0.1, 0.15) is 6.04 Å². The molecular formula is C13H18BrN3OS. The molecule has 2 rings (SSSR count). The summed E-state index contributed by atoms with van der Waals surface area (Å²) in [6.45, 7) is 0.974. The van der Waals surface area contributed by atoms with E-state index in [0.29, 0.717) is 0 Å². The molecule has 1 aliphatic heterocycles. The predicted octanol–water partition coefficient (Wildman–Crippen LogP) is 2.46. The zero-order valence-corrected chi connectivity index (χ0v) is 13.7. The molecule has 0 saturated carbocycles. The van der Waals surface area contributed by atoms with E-state index in [1.807, 2.05) is 23.9 Å².